The molecule has 1 saturated heterocycles. The molecule has 3 rings (SSSR count). The summed E-state index contributed by atoms with van der Waals surface area (Å²) >= 11 is 0. The molecule has 0 aromatic heterocycles. The molecule has 0 unspecified atom stereocenters. The molecule has 0 radical (unpaired) electrons. The lowest BCUT2D eigenvalue weighted by Crippen LogP contribution is -2.51. The summed E-state index contributed by atoms with van der Waals surface area (Å²) in [4.78, 5) is 15.3. The molecule has 2 aliphatic heterocycles. The summed E-state index contributed by atoms with van der Waals surface area (Å²) in [5, 5.41) is 11.9. The van der Waals surface area contributed by atoms with E-state index in [1.165, 1.54) is 0 Å². The molecule has 0 saturated carbocycles. The number of amides is 1. The highest BCUT2D eigenvalue weighted by Gasteiger charge is 2.41. The van der Waals surface area contributed by atoms with Crippen LogP contribution in [0.2, 0.25) is 0 Å². The number of carbonyl (C=O) groups is 1. The molecule has 2 aliphatic rings. The van der Waals surface area contributed by atoms with E-state index in [0.717, 1.165) is 5.56 Å². The van der Waals surface area contributed by atoms with Crippen molar-refractivity contribution in [3.8, 4) is 5.75 Å². The van der Waals surface area contributed by atoms with Crippen molar-refractivity contribution in [3.05, 3.63) is 29.3 Å². The summed E-state index contributed by atoms with van der Waals surface area (Å²) in [6.45, 7) is 4.34. The first kappa shape index (κ1) is 19.4. The lowest BCUT2D eigenvalue weighted by molar-refractivity contribution is -0.151. The van der Waals surface area contributed by atoms with Crippen LogP contribution >= 0.6 is 0 Å². The first-order valence-corrected chi connectivity index (χ1v) is 9.10. The van der Waals surface area contributed by atoms with Gasteiger partial charge in [0.15, 0.2) is 5.84 Å². The number of hydrogen-bond donors (Lipinski definition) is 2. The van der Waals surface area contributed by atoms with Crippen molar-refractivity contribution >= 4 is 11.7 Å². The minimum absolute atomic E-state index is 0.0155. The first-order chi connectivity index (χ1) is 13.0. The molecule has 8 nitrogen and oxygen atoms in total. The molecule has 8 heteroatoms. The van der Waals surface area contributed by atoms with E-state index in [1.54, 1.807) is 19.2 Å². The summed E-state index contributed by atoms with van der Waals surface area (Å²) in [6.07, 6.45) is 1.41. The summed E-state index contributed by atoms with van der Waals surface area (Å²) in [5.74, 6) is 0.749. The molecule has 3 N–H and O–H groups in total. The summed E-state index contributed by atoms with van der Waals surface area (Å²) in [7, 11) is 1.62. The van der Waals surface area contributed by atoms with Crippen LogP contribution in [0.3, 0.4) is 0 Å². The standard InChI is InChI=1S/C19H27N3O5/c1-19(5-7-26-8-6-19)18(23)22-10-14-4-3-13(17(20)21-24)9-16(14)27-12-15(22)11-25-2/h3-4,9,15,24H,5-8,10-12H2,1-2H3,(H2,20,21)/t15-/m0/s1. The van der Waals surface area contributed by atoms with Gasteiger partial charge in [-0.25, -0.2) is 0 Å². The van der Waals surface area contributed by atoms with E-state index in [0.29, 0.717) is 57.1 Å². The number of rotatable bonds is 4. The van der Waals surface area contributed by atoms with Crippen LogP contribution in [0.15, 0.2) is 23.4 Å². The van der Waals surface area contributed by atoms with E-state index >= 15 is 0 Å². The smallest absolute Gasteiger partial charge is 0.229 e. The predicted molar refractivity (Wildman–Crippen MR) is 98.8 cm³/mol. The molecule has 27 heavy (non-hydrogen) atoms. The Morgan fingerprint density at radius 1 is 1.44 bits per heavy atom. The third-order valence-electron chi connectivity index (χ3n) is 5.42. The maximum absolute atomic E-state index is 13.4. The minimum atomic E-state index is -0.442. The van der Waals surface area contributed by atoms with E-state index in [4.69, 9.17) is 25.2 Å². The molecule has 148 valence electrons. The Morgan fingerprint density at radius 2 is 2.19 bits per heavy atom. The Hall–Kier alpha value is -2.32. The molecule has 1 fully saturated rings. The molecular weight excluding hydrogens is 350 g/mol. The van der Waals surface area contributed by atoms with Gasteiger partial charge in [0.2, 0.25) is 5.91 Å². The number of amidine groups is 1. The SMILES string of the molecule is COC[C@H]1COc2cc(/C(N)=N/O)ccc2CN1C(=O)C1(C)CCOCC1. The second-order valence-corrected chi connectivity index (χ2v) is 7.33. The van der Waals surface area contributed by atoms with Crippen molar-refractivity contribution in [2.75, 3.05) is 33.5 Å². The van der Waals surface area contributed by atoms with E-state index in [2.05, 4.69) is 5.16 Å². The fourth-order valence-electron chi connectivity index (χ4n) is 3.58. The van der Waals surface area contributed by atoms with Gasteiger partial charge in [-0.2, -0.15) is 0 Å². The topological polar surface area (TPSA) is 107 Å². The lowest BCUT2D eigenvalue weighted by atomic mass is 9.80. The molecule has 1 aromatic rings. The monoisotopic (exact) mass is 377 g/mol. The average Bonchev–Trinajstić information content (AvgIpc) is 2.86. The van der Waals surface area contributed by atoms with Gasteiger partial charge in [0, 0.05) is 38.0 Å². The van der Waals surface area contributed by atoms with Gasteiger partial charge in [-0.05, 0) is 18.9 Å². The van der Waals surface area contributed by atoms with Gasteiger partial charge in [-0.1, -0.05) is 24.2 Å². The second-order valence-electron chi connectivity index (χ2n) is 7.33. The molecule has 0 spiro atoms. The van der Waals surface area contributed by atoms with E-state index in [-0.39, 0.29) is 17.8 Å². The second kappa shape index (κ2) is 8.14. The van der Waals surface area contributed by atoms with Gasteiger partial charge in [0.05, 0.1) is 18.1 Å². The van der Waals surface area contributed by atoms with Crippen LogP contribution in [0.4, 0.5) is 0 Å². The molecule has 0 bridgehead atoms. The third kappa shape index (κ3) is 4.01. The Kier molecular flexibility index (Phi) is 5.86. The summed E-state index contributed by atoms with van der Waals surface area (Å²) < 4.78 is 16.7. The number of nitrogens with two attached hydrogens (primary N) is 1. The van der Waals surface area contributed by atoms with Crippen molar-refractivity contribution < 1.29 is 24.2 Å². The van der Waals surface area contributed by atoms with Gasteiger partial charge in [-0.15, -0.1) is 0 Å². The van der Waals surface area contributed by atoms with Gasteiger partial charge < -0.3 is 30.1 Å². The Labute approximate surface area is 158 Å². The zero-order valence-corrected chi connectivity index (χ0v) is 15.8. The molecule has 0 aliphatic carbocycles. The number of ether oxygens (including phenoxy) is 3. The van der Waals surface area contributed by atoms with Crippen LogP contribution in [-0.2, 0) is 20.8 Å². The largest absolute Gasteiger partial charge is 0.491 e. The Morgan fingerprint density at radius 3 is 2.85 bits per heavy atom. The zero-order chi connectivity index (χ0) is 19.4. The van der Waals surface area contributed by atoms with Crippen molar-refractivity contribution in [2.45, 2.75) is 32.4 Å². The summed E-state index contributed by atoms with van der Waals surface area (Å²) in [5.41, 5.74) is 6.69. The molecule has 1 atom stereocenters. The lowest BCUT2D eigenvalue weighted by Gasteiger charge is -2.39. The van der Waals surface area contributed by atoms with Crippen LogP contribution < -0.4 is 10.5 Å². The molecular formula is C19H27N3O5. The highest BCUT2D eigenvalue weighted by molar-refractivity contribution is 5.97. The van der Waals surface area contributed by atoms with Crippen molar-refractivity contribution in [3.63, 3.8) is 0 Å². The number of benzene rings is 1. The van der Waals surface area contributed by atoms with Crippen LogP contribution in [-0.4, -0.2) is 61.4 Å². The fourth-order valence-corrected chi connectivity index (χ4v) is 3.58. The highest BCUT2D eigenvalue weighted by Crippen LogP contribution is 2.35. The zero-order valence-electron chi connectivity index (χ0n) is 15.8. The first-order valence-electron chi connectivity index (χ1n) is 9.10. The van der Waals surface area contributed by atoms with Crippen molar-refractivity contribution in [1.29, 1.82) is 0 Å². The van der Waals surface area contributed by atoms with Gasteiger partial charge in [-0.3, -0.25) is 4.79 Å². The normalized spacial score (nSPS) is 22.5. The van der Waals surface area contributed by atoms with E-state index < -0.39 is 5.41 Å². The average molecular weight is 377 g/mol. The Bertz CT molecular complexity index is 715. The van der Waals surface area contributed by atoms with Crippen molar-refractivity contribution in [2.24, 2.45) is 16.3 Å². The number of nitrogens with zero attached hydrogens (tertiary/aromatic N) is 2. The van der Waals surface area contributed by atoms with Gasteiger partial charge in [0.1, 0.15) is 12.4 Å². The van der Waals surface area contributed by atoms with Gasteiger partial charge >= 0.3 is 0 Å². The van der Waals surface area contributed by atoms with Crippen LogP contribution in [0.25, 0.3) is 0 Å². The molecule has 1 amide bonds. The van der Waals surface area contributed by atoms with Gasteiger partial charge in [0.25, 0.3) is 0 Å². The van der Waals surface area contributed by atoms with Crippen molar-refractivity contribution in [1.82, 2.24) is 4.90 Å². The maximum atomic E-state index is 13.4. The predicted octanol–water partition coefficient (Wildman–Crippen LogP) is 1.33. The third-order valence-corrected chi connectivity index (χ3v) is 5.42. The number of fused-ring (bicyclic) bond motifs is 1. The number of carbonyl (C=O) groups excluding carboxylic acids is 1. The number of oxime groups is 1. The number of hydrogen-bond acceptors (Lipinski definition) is 6. The number of methoxy groups -OCH3 is 1. The molecule has 1 aromatic carbocycles. The van der Waals surface area contributed by atoms with E-state index in [9.17, 15) is 4.79 Å². The van der Waals surface area contributed by atoms with Crippen LogP contribution in [0.5, 0.6) is 5.75 Å². The molecule has 2 heterocycles. The van der Waals surface area contributed by atoms with E-state index in [1.807, 2.05) is 17.9 Å². The minimum Gasteiger partial charge on any atom is -0.491 e. The quantitative estimate of drug-likeness (QED) is 0.355. The maximum Gasteiger partial charge on any atom is 0.229 e. The van der Waals surface area contributed by atoms with Crippen LogP contribution in [0, 0.1) is 5.41 Å². The summed E-state index contributed by atoms with van der Waals surface area (Å²) in [6, 6.07) is 5.15. The Balaban J connectivity index is 1.90. The fraction of sp³-hybridized carbons (Fsp3) is 0.579. The van der Waals surface area contributed by atoms with Crippen LogP contribution in [0.1, 0.15) is 30.9 Å². The highest BCUT2D eigenvalue weighted by atomic mass is 16.5.